The highest BCUT2D eigenvalue weighted by Gasteiger charge is 2.53. The molecule has 0 aromatic heterocycles. The van der Waals surface area contributed by atoms with E-state index in [9.17, 15) is 60.3 Å². The second-order valence-corrected chi connectivity index (χ2v) is 35.9. The van der Waals surface area contributed by atoms with Gasteiger partial charge in [-0.05, 0) is 210 Å². The van der Waals surface area contributed by atoms with E-state index in [1.54, 1.807) is 13.1 Å². The van der Waals surface area contributed by atoms with E-state index >= 15 is 28.8 Å². The Hall–Kier alpha value is -11.2. The van der Waals surface area contributed by atoms with E-state index in [1.807, 2.05) is 20.8 Å². The summed E-state index contributed by atoms with van der Waals surface area (Å²) in [5.41, 5.74) is 3.25. The number of benzene rings is 6. The van der Waals surface area contributed by atoms with E-state index in [0.29, 0.717) is 37.2 Å². The molecule has 6 fully saturated rings. The van der Waals surface area contributed by atoms with Crippen molar-refractivity contribution in [1.82, 2.24) is 53.2 Å². The van der Waals surface area contributed by atoms with Gasteiger partial charge in [0.25, 0.3) is 0 Å². The topological polar surface area (TPSA) is 568 Å². The van der Waals surface area contributed by atoms with Gasteiger partial charge in [0, 0.05) is 47.8 Å². The van der Waals surface area contributed by atoms with Crippen LogP contribution >= 0.6 is 11.6 Å². The zero-order valence-corrected chi connectivity index (χ0v) is 73.6. The molecule has 0 radical (unpaired) electrons. The van der Waals surface area contributed by atoms with Gasteiger partial charge in [0.1, 0.15) is 114 Å². The fraction of sp³-hybridized carbons (Fsp3) is 0.505. The number of phenols is 3. The van der Waals surface area contributed by atoms with Crippen LogP contribution < -0.4 is 87.9 Å². The van der Waals surface area contributed by atoms with Crippen LogP contribution in [0, 0.1) is 36.5 Å². The second-order valence-electron chi connectivity index (χ2n) is 35.5. The smallest absolute Gasteiger partial charge is 0.325 e. The third kappa shape index (κ3) is 20.9. The van der Waals surface area contributed by atoms with Gasteiger partial charge in [-0.2, -0.15) is 0 Å². The molecule has 4 saturated carbocycles. The molecule has 130 heavy (non-hydrogen) atoms. The third-order valence-electron chi connectivity index (χ3n) is 25.4. The van der Waals surface area contributed by atoms with Crippen molar-refractivity contribution in [2.24, 2.45) is 35.3 Å². The number of urea groups is 1. The Labute approximate surface area is 753 Å². The number of amides is 10. The summed E-state index contributed by atoms with van der Waals surface area (Å²) in [6, 6.07) is 3.81. The number of nitrogens with two attached hydrogens (primary N) is 1. The molecule has 6 aromatic carbocycles. The Morgan fingerprint density at radius 2 is 1.35 bits per heavy atom. The lowest BCUT2D eigenvalue weighted by Gasteiger charge is -2.54. The lowest BCUT2D eigenvalue weighted by molar-refractivity contribution is -0.333. The molecule has 7 heterocycles. The Morgan fingerprint density at radius 3 is 2.02 bits per heavy atom. The van der Waals surface area contributed by atoms with E-state index in [0.717, 1.165) is 87.1 Å². The molecule has 38 nitrogen and oxygen atoms in total. The Morgan fingerprint density at radius 1 is 0.685 bits per heavy atom. The van der Waals surface area contributed by atoms with E-state index in [2.05, 4.69) is 58.5 Å². The number of nitrogens with one attached hydrogen (secondary N) is 11. The van der Waals surface area contributed by atoms with Gasteiger partial charge in [-0.1, -0.05) is 57.0 Å². The number of hydrogen-bond acceptors (Lipinski definition) is 29. The highest BCUT2D eigenvalue weighted by atomic mass is 35.5. The van der Waals surface area contributed by atoms with Gasteiger partial charge in [-0.3, -0.25) is 43.7 Å². The number of phenolic OH excluding ortho intramolecular Hbond substituents is 3. The lowest BCUT2D eigenvalue weighted by Crippen LogP contribution is -2.64. The average molecular weight is 1830 g/mol. The Balaban J connectivity index is 0.957. The summed E-state index contributed by atoms with van der Waals surface area (Å²) < 4.78 is 51.4. The fourth-order valence-electron chi connectivity index (χ4n) is 18.8. The molecule has 4 aliphatic carbocycles. The van der Waals surface area contributed by atoms with Crippen molar-refractivity contribution in [1.29, 1.82) is 0 Å². The second kappa shape index (κ2) is 40.2. The summed E-state index contributed by atoms with van der Waals surface area (Å²) in [6.07, 6.45) is -13.0. The van der Waals surface area contributed by atoms with Crippen molar-refractivity contribution in [2.45, 2.75) is 221 Å². The number of rotatable bonds is 23. The maximum atomic E-state index is 16.8. The summed E-state index contributed by atoms with van der Waals surface area (Å²) in [5, 5.41) is 137. The normalized spacial score (nSPS) is 29.6. The number of carbonyl (C=O) groups is 9. The van der Waals surface area contributed by atoms with Gasteiger partial charge < -0.3 is 143 Å². The summed E-state index contributed by atoms with van der Waals surface area (Å²) >= 11 is 7.33. The van der Waals surface area contributed by atoms with Crippen molar-refractivity contribution in [2.75, 3.05) is 45.8 Å². The first-order valence-electron chi connectivity index (χ1n) is 43.7. The van der Waals surface area contributed by atoms with Crippen LogP contribution in [0.25, 0.3) is 11.1 Å². The minimum atomic E-state index is -2.41. The molecule has 15 bridgehead atoms. The predicted octanol–water partition coefficient (Wildman–Crippen LogP) is 4.26. The molecule has 17 rings (SSSR count). The third-order valence-corrected chi connectivity index (χ3v) is 25.7. The Bertz CT molecular complexity index is 5230. The first-order chi connectivity index (χ1) is 62.0. The van der Waals surface area contributed by atoms with E-state index in [1.165, 1.54) is 70.3 Å². The van der Waals surface area contributed by atoms with E-state index < -0.39 is 227 Å². The maximum Gasteiger partial charge on any atom is 0.325 e. The van der Waals surface area contributed by atoms with Gasteiger partial charge in [0.2, 0.25) is 59.3 Å². The van der Waals surface area contributed by atoms with Gasteiger partial charge in [-0.15, -0.1) is 0 Å². The number of fused-ring (bicyclic) bond motifs is 15. The molecule has 22 N–H and O–H groups in total. The van der Waals surface area contributed by atoms with Crippen LogP contribution in [0.4, 0.5) is 10.5 Å². The molecule has 10 amide bonds. The van der Waals surface area contributed by atoms with Gasteiger partial charge in [0.05, 0.1) is 48.6 Å². The Kier molecular flexibility index (Phi) is 29.4. The molecule has 7 aliphatic heterocycles. The number of likely N-dealkylation sites (N-methyl/N-ethyl adjacent to an activating group) is 2. The standard InChI is InChI=1S/C91H113ClN12O26/c1-9-10-20-123-51-14-18-62(124-21-19-94-7)55(35-51)97-90(122)98-66(109)36-57-83(116)100-71-49-31-63(126-60-16-12-45(23-40(60)4)75(110)73(87(120)96-57)103-82(115)56(95-8)22-39(2)3)79(130-89-80(78(113)77(112)65(38-105)128-89)129-67-37-91(6,93)81(114)41(5)125-67)64(32-49)127-61-17-13-46(30-54(61)92)76(111)74-88(121)102-72(86(119)99-69-47-25-42-24-43(27-47)28-48(69)26-42)53-33-50(106)34-59(108)68(53)52-29-44(11-15-58(52)107)70(84(117)104-74)101-85(71)118/h11-18,23,29-35,39,41-43,47-48,56-57,65,67,69-78,80-81,89,94-95,105-108,110-114H,9-10,19-22,24-28,36-38,93H2,1-8H3,(H,96,120)(H,99,119)(H,100,116)(H,101,118)(H,102,121)(H,103,115)(H,104,117)(H2,97,98,109,122)/t41-,42?,43?,47?,48?,56+,57-,65+,67-,69?,70+,71+,72-,73+,74-,75+,76+,77+,78-,80+,81+,89-,91-/m0/s1. The van der Waals surface area contributed by atoms with Crippen LogP contribution in [-0.2, 0) is 52.6 Å². The highest BCUT2D eigenvalue weighted by Crippen LogP contribution is 2.55. The minimum absolute atomic E-state index is 0.0138. The predicted molar refractivity (Wildman–Crippen MR) is 465 cm³/mol. The van der Waals surface area contributed by atoms with Crippen molar-refractivity contribution < 1.29 is 127 Å². The molecule has 39 heteroatoms. The fourth-order valence-corrected chi connectivity index (χ4v) is 19.1. The monoisotopic (exact) mass is 1820 g/mol. The number of anilines is 1. The largest absolute Gasteiger partial charge is 0.508 e. The van der Waals surface area contributed by atoms with Crippen LogP contribution in [0.1, 0.15) is 163 Å². The highest BCUT2D eigenvalue weighted by molar-refractivity contribution is 6.32. The minimum Gasteiger partial charge on any atom is -0.508 e. The lowest BCUT2D eigenvalue weighted by atomic mass is 9.54. The molecule has 2 saturated heterocycles. The van der Waals surface area contributed by atoms with Crippen LogP contribution in [0.3, 0.4) is 0 Å². The van der Waals surface area contributed by atoms with Gasteiger partial charge >= 0.3 is 6.03 Å². The van der Waals surface area contributed by atoms with Crippen LogP contribution in [0.15, 0.2) is 97.1 Å². The van der Waals surface area contributed by atoms with Gasteiger partial charge in [-0.25, -0.2) is 4.79 Å². The van der Waals surface area contributed by atoms with Gasteiger partial charge in [0.15, 0.2) is 23.9 Å². The zero-order chi connectivity index (χ0) is 93.2. The van der Waals surface area contributed by atoms with Crippen molar-refractivity contribution in [3.8, 4) is 68.6 Å². The first kappa shape index (κ1) is 94.9. The van der Waals surface area contributed by atoms with Crippen LogP contribution in [0.5, 0.6) is 57.5 Å². The number of aliphatic hydroxyl groups is 6. The van der Waals surface area contributed by atoms with Crippen molar-refractivity contribution >= 4 is 70.6 Å². The first-order valence-corrected chi connectivity index (χ1v) is 44.1. The van der Waals surface area contributed by atoms with Crippen LogP contribution in [0.2, 0.25) is 5.02 Å². The molecule has 6 aromatic rings. The summed E-state index contributed by atoms with van der Waals surface area (Å²) in [5.74, 6) is -12.9. The number of aromatic hydroxyl groups is 3. The summed E-state index contributed by atoms with van der Waals surface area (Å²) in [6.45, 7) is 9.96. The number of unbranched alkanes of at least 4 members (excludes halogenated alkanes) is 1. The van der Waals surface area contributed by atoms with Crippen molar-refractivity contribution in [3.05, 3.63) is 135 Å². The van der Waals surface area contributed by atoms with E-state index in [4.69, 9.17) is 55.2 Å². The van der Waals surface area contributed by atoms with Crippen molar-refractivity contribution in [3.63, 3.8) is 0 Å². The average Bonchev–Trinajstić information content (AvgIpc) is 0.749. The molecule has 0 spiro atoms. The number of carbonyl (C=O) groups excluding carboxylic acids is 9. The summed E-state index contributed by atoms with van der Waals surface area (Å²) in [4.78, 5) is 140. The number of ether oxygens (including phenoxy) is 8. The maximum absolute atomic E-state index is 16.8. The number of aryl methyl sites for hydroxylation is 1. The molecule has 18 atom stereocenters. The number of imide groups is 1. The molecule has 11 aliphatic rings. The molecule has 700 valence electrons. The molecule has 0 unspecified atom stereocenters. The number of hydrogen-bond donors (Lipinski definition) is 21. The molecular formula is C91H113ClN12O26. The SMILES string of the molecule is CCCCOc1ccc(OCCNC)c(NC(=O)NC(=O)C[C@@H]2NC(=O)[C@H](NC(=O)[C@@H](CC(C)C)NC)[C@H](O)c3ccc(c(C)c3)Oc3cc4cc(c3O[C@@H]3O[C@H](CO)[C@@H](O)[C@H](O)[C@H]3O[C@H]3C[C@](C)(N)[C@H](O)[C@H](C)O3)Oc3ccc(cc3Cl)[C@@H](O)[C@@H]3NC(=O)[C@H](NC(=O)[C@@H]4NC2=O)c2ccc(O)c(c2)-c2c(O)cc(O)cc2[C@@H](C(=O)NC2C4CC5CC(C4)CC2C5)NC3=O)c1. The van der Waals surface area contributed by atoms with Crippen LogP contribution in [-0.4, -0.2) is 225 Å². The number of aliphatic hydroxyl groups excluding tert-OH is 6. The molecular weight excluding hydrogens is 1710 g/mol. The quantitative estimate of drug-likeness (QED) is 0.0398. The van der Waals surface area contributed by atoms with E-state index in [-0.39, 0.29) is 99.1 Å². The number of halogens is 1. The zero-order valence-electron chi connectivity index (χ0n) is 72.8. The summed E-state index contributed by atoms with van der Waals surface area (Å²) in [7, 11) is 3.18.